The number of hydrogen-bond acceptors (Lipinski definition) is 7. The number of nitrogens with one attached hydrogen (secondary N) is 1. The van der Waals surface area contributed by atoms with E-state index < -0.39 is 15.7 Å². The minimum absolute atomic E-state index is 0.0166. The van der Waals surface area contributed by atoms with Crippen molar-refractivity contribution in [1.82, 2.24) is 14.8 Å². The van der Waals surface area contributed by atoms with Crippen LogP contribution < -0.4 is 5.32 Å². The van der Waals surface area contributed by atoms with E-state index in [1.54, 1.807) is 0 Å². The van der Waals surface area contributed by atoms with Gasteiger partial charge in [-0.05, 0) is 43.7 Å². The van der Waals surface area contributed by atoms with Gasteiger partial charge in [0.25, 0.3) is 5.91 Å². The number of nitrogens with zero attached hydrogens (tertiary/aromatic N) is 4. The number of benzene rings is 1. The van der Waals surface area contributed by atoms with Crippen molar-refractivity contribution in [1.29, 1.82) is 5.26 Å². The predicted molar refractivity (Wildman–Crippen MR) is 115 cm³/mol. The number of aryl methyl sites for hydroxylation is 1. The highest BCUT2D eigenvalue weighted by atomic mass is 32.2. The number of hydrogen-bond donors (Lipinski definition) is 1. The summed E-state index contributed by atoms with van der Waals surface area (Å²) in [6, 6.07) is 13.5. The van der Waals surface area contributed by atoms with E-state index in [0.29, 0.717) is 0 Å². The summed E-state index contributed by atoms with van der Waals surface area (Å²) in [7, 11) is -3.51. The zero-order valence-electron chi connectivity index (χ0n) is 16.6. The van der Waals surface area contributed by atoms with E-state index in [4.69, 9.17) is 0 Å². The fourth-order valence-electron chi connectivity index (χ4n) is 2.89. The first-order valence-electron chi connectivity index (χ1n) is 9.00. The summed E-state index contributed by atoms with van der Waals surface area (Å²) in [6.07, 6.45) is 1.50. The predicted octanol–water partition coefficient (Wildman–Crippen LogP) is 3.28. The van der Waals surface area contributed by atoms with Gasteiger partial charge in [0.05, 0.1) is 5.75 Å². The SMILES string of the molecule is CCS(=O)(=O)c1nnc(NC(=O)C(C#N)=Cc2cc(C)n(-c3ccccc3)c2C)s1. The molecule has 3 aromatic rings. The van der Waals surface area contributed by atoms with Crippen molar-refractivity contribution in [3.63, 3.8) is 0 Å². The molecule has 0 aliphatic rings. The molecule has 0 radical (unpaired) electrons. The van der Waals surface area contributed by atoms with E-state index in [0.717, 1.165) is 34.0 Å². The lowest BCUT2D eigenvalue weighted by atomic mass is 10.1. The molecule has 3 rings (SSSR count). The summed E-state index contributed by atoms with van der Waals surface area (Å²) in [6.45, 7) is 5.35. The molecule has 0 saturated carbocycles. The normalized spacial score (nSPS) is 11.9. The molecular formula is C20H19N5O3S2. The number of carbonyl (C=O) groups excluding carboxylic acids is 1. The molecule has 0 bridgehead atoms. The number of para-hydroxylation sites is 1. The second kappa shape index (κ2) is 8.61. The largest absolute Gasteiger partial charge is 0.318 e. The molecule has 30 heavy (non-hydrogen) atoms. The molecule has 1 amide bonds. The van der Waals surface area contributed by atoms with Crippen LogP contribution in [-0.2, 0) is 14.6 Å². The maximum atomic E-state index is 12.5. The smallest absolute Gasteiger partial charge is 0.268 e. The number of carbonyl (C=O) groups is 1. The number of nitriles is 1. The second-order valence-electron chi connectivity index (χ2n) is 6.40. The van der Waals surface area contributed by atoms with E-state index in [1.165, 1.54) is 13.0 Å². The zero-order valence-corrected chi connectivity index (χ0v) is 18.2. The summed E-state index contributed by atoms with van der Waals surface area (Å²) in [5, 5.41) is 19.2. The van der Waals surface area contributed by atoms with Crippen LogP contribution in [0.2, 0.25) is 0 Å². The molecular weight excluding hydrogens is 422 g/mol. The van der Waals surface area contributed by atoms with Crippen LogP contribution in [0, 0.1) is 25.2 Å². The van der Waals surface area contributed by atoms with Crippen LogP contribution in [0.4, 0.5) is 5.13 Å². The molecule has 1 aromatic carbocycles. The van der Waals surface area contributed by atoms with Crippen LogP contribution in [0.25, 0.3) is 11.8 Å². The molecule has 0 saturated heterocycles. The molecule has 0 aliphatic heterocycles. The summed E-state index contributed by atoms with van der Waals surface area (Å²) in [5.74, 6) is -0.797. The van der Waals surface area contributed by atoms with Crippen molar-refractivity contribution >= 4 is 38.3 Å². The first-order chi connectivity index (χ1) is 14.3. The first-order valence-corrected chi connectivity index (χ1v) is 11.5. The summed E-state index contributed by atoms with van der Waals surface area (Å²) in [4.78, 5) is 12.5. The van der Waals surface area contributed by atoms with Crippen molar-refractivity contribution in [3.05, 3.63) is 58.9 Å². The van der Waals surface area contributed by atoms with Crippen LogP contribution in [0.15, 0.2) is 46.3 Å². The Morgan fingerprint density at radius 3 is 2.60 bits per heavy atom. The van der Waals surface area contributed by atoms with E-state index >= 15 is 0 Å². The van der Waals surface area contributed by atoms with Gasteiger partial charge in [-0.2, -0.15) is 5.26 Å². The lowest BCUT2D eigenvalue weighted by Gasteiger charge is -2.09. The topological polar surface area (TPSA) is 118 Å². The Labute approximate surface area is 178 Å². The highest BCUT2D eigenvalue weighted by Crippen LogP contribution is 2.24. The standard InChI is InChI=1S/C20H19N5O3S2/c1-4-30(27,28)20-24-23-19(29-20)22-18(26)16(12-21)11-15-10-13(2)25(14(15)3)17-8-6-5-7-9-17/h5-11H,4H2,1-3H3,(H,22,23,26). The fraction of sp³-hybridized carbons (Fsp3) is 0.200. The maximum absolute atomic E-state index is 12.5. The summed E-state index contributed by atoms with van der Waals surface area (Å²) in [5.41, 5.74) is 3.43. The Balaban J connectivity index is 1.88. The molecule has 10 heteroatoms. The molecule has 0 atom stereocenters. The van der Waals surface area contributed by atoms with Crippen molar-refractivity contribution < 1.29 is 13.2 Å². The van der Waals surface area contributed by atoms with Gasteiger partial charge in [-0.1, -0.05) is 36.5 Å². The molecule has 154 valence electrons. The van der Waals surface area contributed by atoms with Crippen molar-refractivity contribution in [2.45, 2.75) is 25.1 Å². The lowest BCUT2D eigenvalue weighted by Crippen LogP contribution is -2.13. The highest BCUT2D eigenvalue weighted by Gasteiger charge is 2.20. The number of amides is 1. The van der Waals surface area contributed by atoms with E-state index in [2.05, 4.69) is 15.5 Å². The zero-order chi connectivity index (χ0) is 21.9. The monoisotopic (exact) mass is 441 g/mol. The van der Waals surface area contributed by atoms with Gasteiger partial charge in [0.1, 0.15) is 11.6 Å². The third-order valence-corrected chi connectivity index (χ3v) is 7.44. The number of aromatic nitrogens is 3. The Bertz CT molecular complexity index is 1270. The van der Waals surface area contributed by atoms with Gasteiger partial charge in [0.2, 0.25) is 19.3 Å². The van der Waals surface area contributed by atoms with Crippen LogP contribution >= 0.6 is 11.3 Å². The van der Waals surface area contributed by atoms with Gasteiger partial charge in [0.15, 0.2) is 0 Å². The molecule has 2 aromatic heterocycles. The van der Waals surface area contributed by atoms with E-state index in [1.807, 2.05) is 60.9 Å². The van der Waals surface area contributed by atoms with Crippen molar-refractivity contribution in [2.75, 3.05) is 11.1 Å². The lowest BCUT2D eigenvalue weighted by molar-refractivity contribution is -0.112. The van der Waals surface area contributed by atoms with Crippen molar-refractivity contribution in [3.8, 4) is 11.8 Å². The minimum atomic E-state index is -3.51. The third-order valence-electron chi connectivity index (χ3n) is 4.42. The van der Waals surface area contributed by atoms with Gasteiger partial charge in [-0.25, -0.2) is 8.42 Å². The van der Waals surface area contributed by atoms with Gasteiger partial charge in [-0.15, -0.1) is 10.2 Å². The van der Waals surface area contributed by atoms with Gasteiger partial charge < -0.3 is 4.57 Å². The highest BCUT2D eigenvalue weighted by molar-refractivity contribution is 7.93. The number of anilines is 1. The molecule has 0 unspecified atom stereocenters. The third kappa shape index (κ3) is 4.32. The Morgan fingerprint density at radius 1 is 1.27 bits per heavy atom. The van der Waals surface area contributed by atoms with Gasteiger partial charge in [-0.3, -0.25) is 10.1 Å². The number of sulfone groups is 1. The summed E-state index contributed by atoms with van der Waals surface area (Å²) >= 11 is 0.751. The first kappa shape index (κ1) is 21.4. The minimum Gasteiger partial charge on any atom is -0.318 e. The second-order valence-corrected chi connectivity index (χ2v) is 9.83. The fourth-order valence-corrected chi connectivity index (χ4v) is 4.87. The van der Waals surface area contributed by atoms with Crippen LogP contribution in [0.1, 0.15) is 23.9 Å². The Morgan fingerprint density at radius 2 is 1.97 bits per heavy atom. The Hall–Kier alpha value is -3.29. The Kier molecular flexibility index (Phi) is 6.14. The summed E-state index contributed by atoms with van der Waals surface area (Å²) < 4.78 is 25.6. The molecule has 8 nitrogen and oxygen atoms in total. The van der Waals surface area contributed by atoms with E-state index in [-0.39, 0.29) is 20.8 Å². The average molecular weight is 442 g/mol. The van der Waals surface area contributed by atoms with Gasteiger partial charge >= 0.3 is 0 Å². The van der Waals surface area contributed by atoms with Crippen molar-refractivity contribution in [2.24, 2.45) is 0 Å². The van der Waals surface area contributed by atoms with Gasteiger partial charge in [0, 0.05) is 17.1 Å². The molecule has 2 heterocycles. The number of rotatable bonds is 6. The maximum Gasteiger partial charge on any atom is 0.268 e. The van der Waals surface area contributed by atoms with E-state index in [9.17, 15) is 18.5 Å². The van der Waals surface area contributed by atoms with Crippen LogP contribution in [-0.4, -0.2) is 34.8 Å². The average Bonchev–Trinajstić information content (AvgIpc) is 3.31. The molecule has 0 spiro atoms. The molecule has 0 aliphatic carbocycles. The quantitative estimate of drug-likeness (QED) is 0.356. The van der Waals surface area contributed by atoms with Crippen LogP contribution in [0.3, 0.4) is 0 Å². The molecule has 0 fully saturated rings. The molecule has 1 N–H and O–H groups in total. The van der Waals surface area contributed by atoms with Crippen LogP contribution in [0.5, 0.6) is 0 Å².